The average molecular weight is 519 g/mol. The van der Waals surface area contributed by atoms with Gasteiger partial charge in [-0.2, -0.15) is 0 Å². The summed E-state index contributed by atoms with van der Waals surface area (Å²) in [6.45, 7) is 4.02. The average Bonchev–Trinajstić information content (AvgIpc) is 3.30. The van der Waals surface area contributed by atoms with Gasteiger partial charge >= 0.3 is 6.09 Å². The van der Waals surface area contributed by atoms with Crippen LogP contribution in [0.5, 0.6) is 11.6 Å². The molecule has 0 aliphatic rings. The van der Waals surface area contributed by atoms with Gasteiger partial charge in [-0.1, -0.05) is 11.6 Å². The standard InChI is InChI=1S/C27H23ClN4O5/c1-15-8-20(25-22(9-15)32-24(34-3)14-30-25)23-12-17-11-19(13-21(28)26(17)37-23)35-6-7-36-27(33)31-18-4-5-29-16(2)10-18/h4-5,8-14H,6-7H2,1-3H3,(H,29,31,33). The highest BCUT2D eigenvalue weighted by atomic mass is 35.5. The predicted octanol–water partition coefficient (Wildman–Crippen LogP) is 6.34. The number of ether oxygens (including phenoxy) is 3. The van der Waals surface area contributed by atoms with Crippen molar-refractivity contribution in [1.82, 2.24) is 15.0 Å². The highest BCUT2D eigenvalue weighted by molar-refractivity contribution is 6.35. The molecule has 3 aromatic heterocycles. The van der Waals surface area contributed by atoms with Crippen molar-refractivity contribution in [1.29, 1.82) is 0 Å². The van der Waals surface area contributed by atoms with Gasteiger partial charge in [0.1, 0.15) is 24.7 Å². The Hall–Kier alpha value is -4.37. The van der Waals surface area contributed by atoms with Gasteiger partial charge < -0.3 is 18.6 Å². The summed E-state index contributed by atoms with van der Waals surface area (Å²) >= 11 is 6.50. The second-order valence-corrected chi connectivity index (χ2v) is 8.73. The molecule has 0 bridgehead atoms. The number of hydrogen-bond acceptors (Lipinski definition) is 8. The number of nitrogens with zero attached hydrogens (tertiary/aromatic N) is 3. The fraction of sp³-hybridized carbons (Fsp3) is 0.185. The second kappa shape index (κ2) is 10.3. The Balaban J connectivity index is 1.29. The van der Waals surface area contributed by atoms with E-state index in [4.69, 9.17) is 30.2 Å². The summed E-state index contributed by atoms with van der Waals surface area (Å²) < 4.78 is 22.3. The minimum Gasteiger partial charge on any atom is -0.490 e. The van der Waals surface area contributed by atoms with Crippen LogP contribution < -0.4 is 14.8 Å². The van der Waals surface area contributed by atoms with E-state index >= 15 is 0 Å². The number of amides is 1. The van der Waals surface area contributed by atoms with E-state index < -0.39 is 6.09 Å². The number of hydrogen-bond donors (Lipinski definition) is 1. The highest BCUT2D eigenvalue weighted by Crippen LogP contribution is 2.37. The number of furan rings is 1. The lowest BCUT2D eigenvalue weighted by atomic mass is 10.1. The normalized spacial score (nSPS) is 11.0. The monoisotopic (exact) mass is 518 g/mol. The molecule has 5 aromatic rings. The minimum absolute atomic E-state index is 0.0552. The first-order valence-electron chi connectivity index (χ1n) is 11.4. The van der Waals surface area contributed by atoms with E-state index in [0.717, 1.165) is 22.2 Å². The van der Waals surface area contributed by atoms with E-state index in [0.29, 0.717) is 44.7 Å². The van der Waals surface area contributed by atoms with Crippen molar-refractivity contribution in [3.05, 3.63) is 71.1 Å². The van der Waals surface area contributed by atoms with Crippen LogP contribution in [0.3, 0.4) is 0 Å². The molecule has 0 radical (unpaired) electrons. The summed E-state index contributed by atoms with van der Waals surface area (Å²) in [4.78, 5) is 25.1. The second-order valence-electron chi connectivity index (χ2n) is 8.32. The molecular formula is C27H23ClN4O5. The Bertz CT molecular complexity index is 1620. The van der Waals surface area contributed by atoms with Crippen molar-refractivity contribution in [3.63, 3.8) is 0 Å². The summed E-state index contributed by atoms with van der Waals surface area (Å²) in [6.07, 6.45) is 2.61. The molecule has 0 fully saturated rings. The third-order valence-electron chi connectivity index (χ3n) is 5.52. The van der Waals surface area contributed by atoms with Crippen LogP contribution >= 0.6 is 11.6 Å². The Morgan fingerprint density at radius 3 is 2.76 bits per heavy atom. The third kappa shape index (κ3) is 5.41. The molecule has 0 spiro atoms. The van der Waals surface area contributed by atoms with Gasteiger partial charge in [-0.05, 0) is 55.8 Å². The number of carbonyl (C=O) groups excluding carboxylic acids is 1. The Morgan fingerprint density at radius 1 is 1.08 bits per heavy atom. The van der Waals surface area contributed by atoms with Crippen molar-refractivity contribution < 1.29 is 23.4 Å². The molecular weight excluding hydrogens is 496 g/mol. The van der Waals surface area contributed by atoms with Crippen LogP contribution in [-0.2, 0) is 4.74 Å². The van der Waals surface area contributed by atoms with Crippen molar-refractivity contribution in [2.75, 3.05) is 25.6 Å². The number of fused-ring (bicyclic) bond motifs is 2. The molecule has 1 N–H and O–H groups in total. The van der Waals surface area contributed by atoms with Gasteiger partial charge in [0, 0.05) is 34.6 Å². The zero-order chi connectivity index (χ0) is 25.9. The van der Waals surface area contributed by atoms with Crippen LogP contribution in [0.4, 0.5) is 10.5 Å². The van der Waals surface area contributed by atoms with Crippen LogP contribution in [0.25, 0.3) is 33.3 Å². The Kier molecular flexibility index (Phi) is 6.78. The van der Waals surface area contributed by atoms with Gasteiger partial charge in [0.05, 0.1) is 29.4 Å². The maximum absolute atomic E-state index is 12.0. The molecule has 10 heteroatoms. The van der Waals surface area contributed by atoms with Crippen molar-refractivity contribution in [3.8, 4) is 23.0 Å². The van der Waals surface area contributed by atoms with Gasteiger partial charge in [-0.3, -0.25) is 10.3 Å². The van der Waals surface area contributed by atoms with Gasteiger partial charge in [-0.25, -0.2) is 14.8 Å². The quantitative estimate of drug-likeness (QED) is 0.248. The molecule has 0 saturated heterocycles. The lowest BCUT2D eigenvalue weighted by Gasteiger charge is -2.09. The number of anilines is 1. The maximum Gasteiger partial charge on any atom is 0.411 e. The number of aromatic nitrogens is 3. The molecule has 2 aromatic carbocycles. The first-order chi connectivity index (χ1) is 17.9. The number of carbonyl (C=O) groups is 1. The molecule has 9 nitrogen and oxygen atoms in total. The lowest BCUT2D eigenvalue weighted by molar-refractivity contribution is 0.138. The lowest BCUT2D eigenvalue weighted by Crippen LogP contribution is -2.17. The summed E-state index contributed by atoms with van der Waals surface area (Å²) in [5, 5.41) is 3.81. The van der Waals surface area contributed by atoms with Crippen molar-refractivity contribution >= 4 is 45.4 Å². The van der Waals surface area contributed by atoms with Crippen LogP contribution in [0.15, 0.2) is 59.3 Å². The molecule has 0 atom stereocenters. The van der Waals surface area contributed by atoms with Crippen molar-refractivity contribution in [2.45, 2.75) is 13.8 Å². The smallest absolute Gasteiger partial charge is 0.411 e. The van der Waals surface area contributed by atoms with Crippen molar-refractivity contribution in [2.24, 2.45) is 0 Å². The van der Waals surface area contributed by atoms with Crippen LogP contribution in [0.2, 0.25) is 5.02 Å². The number of benzene rings is 2. The van der Waals surface area contributed by atoms with E-state index in [9.17, 15) is 4.79 Å². The van der Waals surface area contributed by atoms with E-state index in [1.54, 1.807) is 37.7 Å². The Labute approximate surface area is 217 Å². The van der Waals surface area contributed by atoms with E-state index in [1.807, 2.05) is 38.1 Å². The first-order valence-corrected chi connectivity index (χ1v) is 11.8. The summed E-state index contributed by atoms with van der Waals surface area (Å²) in [5.74, 6) is 1.57. The number of nitrogens with one attached hydrogen (secondary N) is 1. The maximum atomic E-state index is 12.0. The largest absolute Gasteiger partial charge is 0.490 e. The number of rotatable bonds is 7. The molecule has 0 aliphatic carbocycles. The molecule has 3 heterocycles. The topological polar surface area (TPSA) is 109 Å². The number of methoxy groups -OCH3 is 1. The summed E-state index contributed by atoms with van der Waals surface area (Å²) in [6, 6.07) is 12.7. The van der Waals surface area contributed by atoms with Crippen LogP contribution in [-0.4, -0.2) is 41.4 Å². The van der Waals surface area contributed by atoms with E-state index in [1.165, 1.54) is 0 Å². The summed E-state index contributed by atoms with van der Waals surface area (Å²) in [7, 11) is 1.55. The zero-order valence-corrected chi connectivity index (χ0v) is 21.1. The Morgan fingerprint density at radius 2 is 1.95 bits per heavy atom. The fourth-order valence-electron chi connectivity index (χ4n) is 3.91. The summed E-state index contributed by atoms with van der Waals surface area (Å²) in [5.41, 5.74) is 5.12. The molecule has 5 rings (SSSR count). The number of aryl methyl sites for hydroxylation is 2. The molecule has 37 heavy (non-hydrogen) atoms. The SMILES string of the molecule is COc1cnc2c(-c3cc4cc(OCCOC(=O)Nc5ccnc(C)c5)cc(Cl)c4o3)cc(C)cc2n1. The molecule has 1 amide bonds. The fourth-order valence-corrected chi connectivity index (χ4v) is 4.16. The van der Waals surface area contributed by atoms with Crippen LogP contribution in [0.1, 0.15) is 11.3 Å². The molecule has 0 aliphatic heterocycles. The van der Waals surface area contributed by atoms with Gasteiger partial charge in [0.2, 0.25) is 5.88 Å². The number of halogens is 1. The zero-order valence-electron chi connectivity index (χ0n) is 20.4. The molecule has 188 valence electrons. The number of pyridine rings is 1. The molecule has 0 unspecified atom stereocenters. The predicted molar refractivity (Wildman–Crippen MR) is 140 cm³/mol. The van der Waals surface area contributed by atoms with Gasteiger partial charge in [-0.15, -0.1) is 0 Å². The minimum atomic E-state index is -0.576. The van der Waals surface area contributed by atoms with E-state index in [-0.39, 0.29) is 13.2 Å². The van der Waals surface area contributed by atoms with E-state index in [2.05, 4.69) is 20.3 Å². The van der Waals surface area contributed by atoms with Gasteiger partial charge in [0.15, 0.2) is 5.58 Å². The van der Waals surface area contributed by atoms with Crippen LogP contribution in [0, 0.1) is 13.8 Å². The molecule has 0 saturated carbocycles. The first kappa shape index (κ1) is 24.3. The highest BCUT2D eigenvalue weighted by Gasteiger charge is 2.16. The van der Waals surface area contributed by atoms with Gasteiger partial charge in [0.25, 0.3) is 0 Å². The third-order valence-corrected chi connectivity index (χ3v) is 5.80.